The molecule has 1 aliphatic rings. The number of aromatic nitrogens is 2. The van der Waals surface area contributed by atoms with Gasteiger partial charge in [-0.25, -0.2) is 0 Å². The van der Waals surface area contributed by atoms with Gasteiger partial charge in [-0.05, 0) is 43.3 Å². The second-order valence-corrected chi connectivity index (χ2v) is 5.08. The van der Waals surface area contributed by atoms with Crippen LogP contribution in [0.1, 0.15) is 12.8 Å². The van der Waals surface area contributed by atoms with Crippen LogP contribution < -0.4 is 20.5 Å². The molecule has 0 amide bonds. The van der Waals surface area contributed by atoms with Gasteiger partial charge in [-0.1, -0.05) is 0 Å². The van der Waals surface area contributed by atoms with E-state index in [1.165, 1.54) is 0 Å². The molecule has 0 saturated heterocycles. The number of fused-ring (bicyclic) bond motifs is 1. The number of rotatable bonds is 5. The molecule has 0 saturated carbocycles. The van der Waals surface area contributed by atoms with Crippen LogP contribution in [0.2, 0.25) is 0 Å². The van der Waals surface area contributed by atoms with Gasteiger partial charge in [0.2, 0.25) is 0 Å². The van der Waals surface area contributed by atoms with Crippen molar-refractivity contribution in [3.8, 4) is 22.8 Å². The van der Waals surface area contributed by atoms with Crippen LogP contribution in [0.3, 0.4) is 0 Å². The average Bonchev–Trinajstić information content (AvgIpc) is 2.80. The minimum atomic E-state index is 0.662. The maximum Gasteiger partial charge on any atom is 0.161 e. The molecule has 0 radical (unpaired) electrons. The first-order valence-electron chi connectivity index (χ1n) is 7.54. The summed E-state index contributed by atoms with van der Waals surface area (Å²) >= 11 is 0. The molecule has 2 heterocycles. The first kappa shape index (κ1) is 14.6. The Morgan fingerprint density at radius 3 is 2.68 bits per heavy atom. The number of hydrogen-bond donors (Lipinski definition) is 2. The molecule has 1 aromatic heterocycles. The van der Waals surface area contributed by atoms with E-state index in [0.717, 1.165) is 48.0 Å². The predicted molar refractivity (Wildman–Crippen MR) is 85.2 cm³/mol. The summed E-state index contributed by atoms with van der Waals surface area (Å²) in [5, 5.41) is 11.6. The largest absolute Gasteiger partial charge is 0.490 e. The molecule has 6 nitrogen and oxygen atoms in total. The van der Waals surface area contributed by atoms with Gasteiger partial charge in [0.1, 0.15) is 5.82 Å². The van der Waals surface area contributed by atoms with Gasteiger partial charge < -0.3 is 20.5 Å². The maximum absolute atomic E-state index is 5.70. The summed E-state index contributed by atoms with van der Waals surface area (Å²) in [6.45, 7) is 2.83. The number of nitrogens with zero attached hydrogens (tertiary/aromatic N) is 2. The lowest BCUT2D eigenvalue weighted by molar-refractivity contribution is 0.297. The average molecular weight is 300 g/mol. The Balaban J connectivity index is 1.75. The quantitative estimate of drug-likeness (QED) is 0.823. The Morgan fingerprint density at radius 2 is 1.91 bits per heavy atom. The van der Waals surface area contributed by atoms with E-state index in [2.05, 4.69) is 15.5 Å². The lowest BCUT2D eigenvalue weighted by Gasteiger charge is -2.09. The molecule has 1 aromatic carbocycles. The molecule has 22 heavy (non-hydrogen) atoms. The molecular formula is C16H20N4O2. The Morgan fingerprint density at radius 1 is 1.05 bits per heavy atom. The third-order valence-corrected chi connectivity index (χ3v) is 3.39. The van der Waals surface area contributed by atoms with Gasteiger partial charge >= 0.3 is 0 Å². The zero-order valence-electron chi connectivity index (χ0n) is 12.4. The summed E-state index contributed by atoms with van der Waals surface area (Å²) in [6.07, 6.45) is 1.80. The Kier molecular flexibility index (Phi) is 4.70. The van der Waals surface area contributed by atoms with Gasteiger partial charge in [-0.15, -0.1) is 10.2 Å². The van der Waals surface area contributed by atoms with Gasteiger partial charge in [0.25, 0.3) is 0 Å². The first-order valence-corrected chi connectivity index (χ1v) is 7.54. The van der Waals surface area contributed by atoms with Crippen molar-refractivity contribution >= 4 is 5.82 Å². The summed E-state index contributed by atoms with van der Waals surface area (Å²) in [7, 11) is 0. The predicted octanol–water partition coefficient (Wildman–Crippen LogP) is 2.07. The molecule has 3 N–H and O–H groups in total. The van der Waals surface area contributed by atoms with Crippen LogP contribution in [0.15, 0.2) is 30.3 Å². The van der Waals surface area contributed by atoms with Crippen molar-refractivity contribution in [1.29, 1.82) is 0 Å². The van der Waals surface area contributed by atoms with Crippen molar-refractivity contribution in [1.82, 2.24) is 10.2 Å². The molecular weight excluding hydrogens is 280 g/mol. The van der Waals surface area contributed by atoms with Crippen molar-refractivity contribution in [2.45, 2.75) is 12.8 Å². The van der Waals surface area contributed by atoms with Gasteiger partial charge in [0.15, 0.2) is 11.5 Å². The molecule has 1 aliphatic heterocycles. The first-order chi connectivity index (χ1) is 10.9. The van der Waals surface area contributed by atoms with Crippen LogP contribution in [0.4, 0.5) is 5.82 Å². The highest BCUT2D eigenvalue weighted by Gasteiger charge is 2.12. The molecule has 116 valence electrons. The van der Waals surface area contributed by atoms with Gasteiger partial charge in [-0.3, -0.25) is 0 Å². The standard InChI is InChI=1S/C16H20N4O2/c17-7-1-8-18-16-6-4-13(19-20-16)12-3-5-14-15(11-12)22-10-2-9-21-14/h3-6,11H,1-2,7-10,17H2,(H,18,20). The van der Waals surface area contributed by atoms with E-state index in [4.69, 9.17) is 15.2 Å². The molecule has 0 aliphatic carbocycles. The Labute approximate surface area is 129 Å². The monoisotopic (exact) mass is 300 g/mol. The summed E-state index contributed by atoms with van der Waals surface area (Å²) < 4.78 is 11.3. The molecule has 0 fully saturated rings. The smallest absolute Gasteiger partial charge is 0.161 e. The van der Waals surface area contributed by atoms with Crippen LogP contribution in [0.25, 0.3) is 11.3 Å². The van der Waals surface area contributed by atoms with Crippen LogP contribution >= 0.6 is 0 Å². The third-order valence-electron chi connectivity index (χ3n) is 3.39. The van der Waals surface area contributed by atoms with E-state index in [0.29, 0.717) is 19.8 Å². The fraction of sp³-hybridized carbons (Fsp3) is 0.375. The number of nitrogens with two attached hydrogens (primary N) is 1. The summed E-state index contributed by atoms with van der Waals surface area (Å²) in [6, 6.07) is 9.70. The van der Waals surface area contributed by atoms with Crippen LogP contribution in [0, 0.1) is 0 Å². The number of hydrogen-bond acceptors (Lipinski definition) is 6. The van der Waals surface area contributed by atoms with Crippen LogP contribution in [-0.2, 0) is 0 Å². The fourth-order valence-corrected chi connectivity index (χ4v) is 2.22. The molecule has 0 unspecified atom stereocenters. The van der Waals surface area contributed by atoms with Gasteiger partial charge in [-0.2, -0.15) is 0 Å². The zero-order chi connectivity index (χ0) is 15.2. The summed E-state index contributed by atoms with van der Waals surface area (Å²) in [5.41, 5.74) is 7.23. The van der Waals surface area contributed by atoms with Crippen molar-refractivity contribution in [2.75, 3.05) is 31.6 Å². The Hall–Kier alpha value is -2.34. The maximum atomic E-state index is 5.70. The van der Waals surface area contributed by atoms with Gasteiger partial charge in [0.05, 0.1) is 18.9 Å². The van der Waals surface area contributed by atoms with Crippen molar-refractivity contribution in [3.05, 3.63) is 30.3 Å². The third kappa shape index (κ3) is 3.46. The topological polar surface area (TPSA) is 82.3 Å². The second-order valence-electron chi connectivity index (χ2n) is 5.08. The summed E-state index contributed by atoms with van der Waals surface area (Å²) in [4.78, 5) is 0. The number of nitrogens with one attached hydrogen (secondary N) is 1. The number of ether oxygens (including phenoxy) is 2. The van der Waals surface area contributed by atoms with Gasteiger partial charge in [0, 0.05) is 18.5 Å². The number of anilines is 1. The minimum absolute atomic E-state index is 0.662. The van der Waals surface area contributed by atoms with E-state index >= 15 is 0 Å². The Bertz CT molecular complexity index is 616. The zero-order valence-corrected chi connectivity index (χ0v) is 12.4. The highest BCUT2D eigenvalue weighted by molar-refractivity contribution is 5.64. The number of benzene rings is 1. The minimum Gasteiger partial charge on any atom is -0.490 e. The van der Waals surface area contributed by atoms with Crippen LogP contribution in [0.5, 0.6) is 11.5 Å². The van der Waals surface area contributed by atoms with Crippen molar-refractivity contribution in [3.63, 3.8) is 0 Å². The molecule has 0 atom stereocenters. The van der Waals surface area contributed by atoms with Crippen molar-refractivity contribution in [2.24, 2.45) is 5.73 Å². The van der Waals surface area contributed by atoms with E-state index in [1.54, 1.807) is 0 Å². The highest BCUT2D eigenvalue weighted by Crippen LogP contribution is 2.33. The van der Waals surface area contributed by atoms with E-state index in [9.17, 15) is 0 Å². The molecule has 2 aromatic rings. The second kappa shape index (κ2) is 7.09. The van der Waals surface area contributed by atoms with Crippen molar-refractivity contribution < 1.29 is 9.47 Å². The summed E-state index contributed by atoms with van der Waals surface area (Å²) in [5.74, 6) is 2.31. The van der Waals surface area contributed by atoms with Crippen LogP contribution in [-0.4, -0.2) is 36.5 Å². The van der Waals surface area contributed by atoms with E-state index in [1.807, 2.05) is 30.3 Å². The SMILES string of the molecule is NCCCNc1ccc(-c2ccc3c(c2)OCCCO3)nn1. The lowest BCUT2D eigenvalue weighted by Crippen LogP contribution is -2.09. The fourth-order valence-electron chi connectivity index (χ4n) is 2.22. The van der Waals surface area contributed by atoms with E-state index in [-0.39, 0.29) is 0 Å². The highest BCUT2D eigenvalue weighted by atomic mass is 16.5. The normalized spacial score (nSPS) is 13.5. The molecule has 3 rings (SSSR count). The lowest BCUT2D eigenvalue weighted by atomic mass is 10.1. The molecule has 0 spiro atoms. The van der Waals surface area contributed by atoms with E-state index < -0.39 is 0 Å². The molecule has 0 bridgehead atoms. The molecule has 6 heteroatoms.